The molecule has 0 spiro atoms. The number of carbonyl (C=O) groups is 2. The van der Waals surface area contributed by atoms with Crippen LogP contribution in [-0.2, 0) is 14.3 Å². The van der Waals surface area contributed by atoms with Gasteiger partial charge in [-0.3, -0.25) is 4.79 Å². The molecule has 0 saturated carbocycles. The Bertz CT molecular complexity index is 274. The quantitative estimate of drug-likeness (QED) is 0.619. The van der Waals surface area contributed by atoms with Crippen LogP contribution < -0.4 is 5.32 Å². The number of esters is 1. The molecule has 0 aliphatic carbocycles. The lowest BCUT2D eigenvalue weighted by Crippen LogP contribution is -2.52. The molecule has 2 fully saturated rings. The lowest BCUT2D eigenvalue weighted by atomic mass is 10.1. The number of cyclic esters (lactones) is 1. The smallest absolute Gasteiger partial charge is 0.329 e. The zero-order chi connectivity index (χ0) is 10.8. The largest absolute Gasteiger partial charge is 0.454 e. The van der Waals surface area contributed by atoms with Gasteiger partial charge in [0, 0.05) is 6.54 Å². The number of nitrogens with one attached hydrogen (secondary N) is 1. The Hall–Kier alpha value is -1.10. The van der Waals surface area contributed by atoms with E-state index in [1.165, 1.54) is 0 Å². The number of nitrogens with zero attached hydrogens (tertiary/aromatic N) is 1. The van der Waals surface area contributed by atoms with Crippen molar-refractivity contribution in [2.24, 2.45) is 5.92 Å². The highest BCUT2D eigenvalue weighted by Gasteiger charge is 2.34. The molecule has 2 aliphatic rings. The summed E-state index contributed by atoms with van der Waals surface area (Å²) >= 11 is 0. The highest BCUT2D eigenvalue weighted by atomic mass is 16.5. The van der Waals surface area contributed by atoms with Gasteiger partial charge in [-0.15, -0.1) is 0 Å². The highest BCUT2D eigenvalue weighted by molar-refractivity contribution is 5.90. The minimum absolute atomic E-state index is 0.0750. The van der Waals surface area contributed by atoms with Crippen LogP contribution in [0.3, 0.4) is 0 Å². The summed E-state index contributed by atoms with van der Waals surface area (Å²) in [6.45, 7) is 4.24. The lowest BCUT2D eigenvalue weighted by molar-refractivity contribution is -0.168. The SMILES string of the molecule is CC1C(=O)OCC(=O)N1CC1CCNC1. The lowest BCUT2D eigenvalue weighted by Gasteiger charge is -2.33. The van der Waals surface area contributed by atoms with Gasteiger partial charge in [0.1, 0.15) is 6.04 Å². The number of hydrogen-bond acceptors (Lipinski definition) is 4. The van der Waals surface area contributed by atoms with Crippen LogP contribution in [0, 0.1) is 5.92 Å². The average molecular weight is 212 g/mol. The van der Waals surface area contributed by atoms with Crippen LogP contribution in [0.2, 0.25) is 0 Å². The Kier molecular flexibility index (Phi) is 2.90. The summed E-state index contributed by atoms with van der Waals surface area (Å²) in [6.07, 6.45) is 1.07. The average Bonchev–Trinajstić information content (AvgIpc) is 2.71. The second-order valence-electron chi connectivity index (χ2n) is 4.19. The molecule has 0 aromatic heterocycles. The molecule has 0 bridgehead atoms. The minimum atomic E-state index is -0.424. The Morgan fingerprint density at radius 1 is 1.53 bits per heavy atom. The zero-order valence-corrected chi connectivity index (χ0v) is 8.86. The molecule has 2 atom stereocenters. The molecule has 0 aromatic rings. The molecule has 84 valence electrons. The Balaban J connectivity index is 1.97. The van der Waals surface area contributed by atoms with E-state index in [4.69, 9.17) is 4.74 Å². The maximum absolute atomic E-state index is 11.6. The van der Waals surface area contributed by atoms with Gasteiger partial charge in [0.25, 0.3) is 5.91 Å². The fraction of sp³-hybridized carbons (Fsp3) is 0.800. The second-order valence-corrected chi connectivity index (χ2v) is 4.19. The molecule has 2 heterocycles. The van der Waals surface area contributed by atoms with Crippen molar-refractivity contribution in [1.29, 1.82) is 0 Å². The molecular formula is C10H16N2O3. The zero-order valence-electron chi connectivity index (χ0n) is 8.86. The third-order valence-corrected chi connectivity index (χ3v) is 3.08. The van der Waals surface area contributed by atoms with Crippen LogP contribution in [0.5, 0.6) is 0 Å². The van der Waals surface area contributed by atoms with Crippen molar-refractivity contribution in [3.63, 3.8) is 0 Å². The van der Waals surface area contributed by atoms with Gasteiger partial charge in [-0.25, -0.2) is 4.79 Å². The molecule has 2 unspecified atom stereocenters. The van der Waals surface area contributed by atoms with E-state index in [-0.39, 0.29) is 18.5 Å². The molecule has 1 N–H and O–H groups in total. The van der Waals surface area contributed by atoms with Gasteiger partial charge in [0.05, 0.1) is 0 Å². The summed E-state index contributed by atoms with van der Waals surface area (Å²) in [4.78, 5) is 24.5. The van der Waals surface area contributed by atoms with E-state index in [1.807, 2.05) is 0 Å². The van der Waals surface area contributed by atoms with Gasteiger partial charge >= 0.3 is 5.97 Å². The second kappa shape index (κ2) is 4.18. The predicted octanol–water partition coefficient (Wildman–Crippen LogP) is -0.630. The molecular weight excluding hydrogens is 196 g/mol. The van der Waals surface area contributed by atoms with Gasteiger partial charge in [-0.1, -0.05) is 0 Å². The van der Waals surface area contributed by atoms with Crippen LogP contribution >= 0.6 is 0 Å². The molecule has 5 nitrogen and oxygen atoms in total. The Morgan fingerprint density at radius 2 is 2.33 bits per heavy atom. The van der Waals surface area contributed by atoms with Crippen molar-refractivity contribution >= 4 is 11.9 Å². The van der Waals surface area contributed by atoms with Crippen LogP contribution in [-0.4, -0.2) is 49.1 Å². The van der Waals surface area contributed by atoms with Gasteiger partial charge in [-0.05, 0) is 32.4 Å². The normalized spacial score (nSPS) is 31.9. The van der Waals surface area contributed by atoms with Crippen molar-refractivity contribution in [2.45, 2.75) is 19.4 Å². The van der Waals surface area contributed by atoms with E-state index >= 15 is 0 Å². The van der Waals surface area contributed by atoms with Gasteiger partial charge in [-0.2, -0.15) is 0 Å². The van der Waals surface area contributed by atoms with E-state index in [0.29, 0.717) is 12.5 Å². The third-order valence-electron chi connectivity index (χ3n) is 3.08. The topological polar surface area (TPSA) is 58.6 Å². The van der Waals surface area contributed by atoms with Crippen molar-refractivity contribution < 1.29 is 14.3 Å². The van der Waals surface area contributed by atoms with Crippen molar-refractivity contribution in [3.8, 4) is 0 Å². The molecule has 2 saturated heterocycles. The van der Waals surface area contributed by atoms with Crippen LogP contribution in [0.15, 0.2) is 0 Å². The Labute approximate surface area is 88.8 Å². The van der Waals surface area contributed by atoms with Crippen molar-refractivity contribution in [3.05, 3.63) is 0 Å². The van der Waals surface area contributed by atoms with E-state index in [2.05, 4.69) is 5.32 Å². The summed E-state index contributed by atoms with van der Waals surface area (Å²) < 4.78 is 4.75. The van der Waals surface area contributed by atoms with E-state index < -0.39 is 6.04 Å². The van der Waals surface area contributed by atoms with Crippen molar-refractivity contribution in [1.82, 2.24) is 10.2 Å². The first-order valence-electron chi connectivity index (χ1n) is 5.35. The Morgan fingerprint density at radius 3 is 3.00 bits per heavy atom. The number of rotatable bonds is 2. The van der Waals surface area contributed by atoms with Gasteiger partial charge in [0.2, 0.25) is 0 Å². The molecule has 15 heavy (non-hydrogen) atoms. The molecule has 2 rings (SSSR count). The first-order valence-corrected chi connectivity index (χ1v) is 5.35. The molecule has 1 amide bonds. The minimum Gasteiger partial charge on any atom is -0.454 e. The first kappa shape index (κ1) is 10.4. The number of morpholine rings is 1. The van der Waals surface area contributed by atoms with E-state index in [1.54, 1.807) is 11.8 Å². The number of hydrogen-bond donors (Lipinski definition) is 1. The first-order chi connectivity index (χ1) is 7.18. The monoisotopic (exact) mass is 212 g/mol. The van der Waals surface area contributed by atoms with E-state index in [0.717, 1.165) is 19.5 Å². The number of carbonyl (C=O) groups excluding carboxylic acids is 2. The van der Waals surface area contributed by atoms with E-state index in [9.17, 15) is 9.59 Å². The summed E-state index contributed by atoms with van der Waals surface area (Å²) in [5.41, 5.74) is 0. The van der Waals surface area contributed by atoms with Gasteiger partial charge in [0.15, 0.2) is 6.61 Å². The highest BCUT2D eigenvalue weighted by Crippen LogP contribution is 2.15. The summed E-state index contributed by atoms with van der Waals surface area (Å²) in [5.74, 6) is 0.108. The molecule has 2 aliphatic heterocycles. The van der Waals surface area contributed by atoms with Gasteiger partial charge < -0.3 is 15.0 Å². The standard InChI is InChI=1S/C10H16N2O3/c1-7-10(14)15-6-9(13)12(7)5-8-2-3-11-4-8/h7-8,11H,2-6H2,1H3. The van der Waals surface area contributed by atoms with Crippen LogP contribution in [0.25, 0.3) is 0 Å². The summed E-state index contributed by atoms with van der Waals surface area (Å²) in [7, 11) is 0. The van der Waals surface area contributed by atoms with Crippen molar-refractivity contribution in [2.75, 3.05) is 26.2 Å². The maximum atomic E-state index is 11.6. The molecule has 0 aromatic carbocycles. The summed E-state index contributed by atoms with van der Waals surface area (Å²) in [6, 6.07) is -0.424. The van der Waals surface area contributed by atoms with Crippen LogP contribution in [0.1, 0.15) is 13.3 Å². The fourth-order valence-electron chi connectivity index (χ4n) is 2.09. The fourth-order valence-corrected chi connectivity index (χ4v) is 2.09. The number of ether oxygens (including phenoxy) is 1. The third kappa shape index (κ3) is 2.12. The molecule has 5 heteroatoms. The van der Waals surface area contributed by atoms with Crippen LogP contribution in [0.4, 0.5) is 0 Å². The maximum Gasteiger partial charge on any atom is 0.329 e. The predicted molar refractivity (Wildman–Crippen MR) is 53.1 cm³/mol. The molecule has 0 radical (unpaired) electrons. The summed E-state index contributed by atoms with van der Waals surface area (Å²) in [5, 5.41) is 3.25. The number of amides is 1.